The van der Waals surface area contributed by atoms with Crippen molar-refractivity contribution in [1.29, 1.82) is 0 Å². The summed E-state index contributed by atoms with van der Waals surface area (Å²) in [4.78, 5) is 0. The average Bonchev–Trinajstić information content (AvgIpc) is 2.31. The van der Waals surface area contributed by atoms with Crippen molar-refractivity contribution in [3.8, 4) is 0 Å². The molecule has 0 radical (unpaired) electrons. The fourth-order valence-electron chi connectivity index (χ4n) is 1.75. The van der Waals surface area contributed by atoms with Crippen molar-refractivity contribution in [3.05, 3.63) is 69.2 Å². The number of halogens is 3. The first-order chi connectivity index (χ1) is 8.49. The maximum Gasteiger partial charge on any atom is 0.129 e. The van der Waals surface area contributed by atoms with Gasteiger partial charge in [-0.15, -0.1) is 0 Å². The van der Waals surface area contributed by atoms with E-state index in [1.807, 2.05) is 0 Å². The van der Waals surface area contributed by atoms with Gasteiger partial charge in [0.25, 0.3) is 0 Å². The van der Waals surface area contributed by atoms with Crippen molar-refractivity contribution >= 4 is 15.9 Å². The molecular weight excluding hydrogens is 302 g/mol. The smallest absolute Gasteiger partial charge is 0.129 e. The Labute approximate surface area is 112 Å². The maximum absolute atomic E-state index is 13.7. The maximum atomic E-state index is 13.7. The van der Waals surface area contributed by atoms with Gasteiger partial charge in [0.15, 0.2) is 0 Å². The number of aliphatic hydroxyl groups is 1. The van der Waals surface area contributed by atoms with Crippen LogP contribution < -0.4 is 0 Å². The molecular formula is C14H11BrF2O. The fraction of sp³-hybridized carbons (Fsp3) is 0.143. The van der Waals surface area contributed by atoms with Gasteiger partial charge in [-0.3, -0.25) is 0 Å². The minimum atomic E-state index is -1.32. The Balaban J connectivity index is 2.47. The molecule has 1 nitrogen and oxygen atoms in total. The Kier molecular flexibility index (Phi) is 3.78. The summed E-state index contributed by atoms with van der Waals surface area (Å²) in [5.41, 5.74) is 0.864. The highest BCUT2D eigenvalue weighted by Gasteiger charge is 2.18. The zero-order valence-corrected chi connectivity index (χ0v) is 11.2. The number of hydrogen-bond acceptors (Lipinski definition) is 1. The predicted octanol–water partition coefficient (Wildman–Crippen LogP) is 4.12. The number of hydrogen-bond donors (Lipinski definition) is 1. The standard InChI is InChI=1S/C14H11BrF2O/c1-8-2-4-10(13(17)6-8)14(18)11-7-9(15)3-5-12(11)16/h2-7,14,18H,1H3. The molecule has 0 saturated heterocycles. The lowest BCUT2D eigenvalue weighted by atomic mass is 9.99. The molecule has 0 fully saturated rings. The highest BCUT2D eigenvalue weighted by molar-refractivity contribution is 9.10. The first kappa shape index (κ1) is 13.2. The molecule has 4 heteroatoms. The molecule has 0 heterocycles. The molecule has 18 heavy (non-hydrogen) atoms. The van der Waals surface area contributed by atoms with Crippen molar-refractivity contribution in [2.45, 2.75) is 13.0 Å². The van der Waals surface area contributed by atoms with Gasteiger partial charge < -0.3 is 5.11 Å². The Hall–Kier alpha value is -1.26. The molecule has 2 aromatic rings. The summed E-state index contributed by atoms with van der Waals surface area (Å²) in [6.07, 6.45) is -1.32. The summed E-state index contributed by atoms with van der Waals surface area (Å²) in [7, 11) is 0. The highest BCUT2D eigenvalue weighted by atomic mass is 79.9. The third-order valence-corrected chi connectivity index (χ3v) is 3.20. The molecule has 0 aliphatic rings. The van der Waals surface area contributed by atoms with Gasteiger partial charge in [0.1, 0.15) is 17.7 Å². The summed E-state index contributed by atoms with van der Waals surface area (Å²) in [6, 6.07) is 8.66. The average molecular weight is 313 g/mol. The lowest BCUT2D eigenvalue weighted by Gasteiger charge is -2.14. The second-order valence-electron chi connectivity index (χ2n) is 4.09. The van der Waals surface area contributed by atoms with Crippen LogP contribution in [0.25, 0.3) is 0 Å². The molecule has 0 saturated carbocycles. The van der Waals surface area contributed by atoms with E-state index in [1.165, 1.54) is 30.3 Å². The first-order valence-corrected chi connectivity index (χ1v) is 6.17. The molecule has 2 aromatic carbocycles. The number of benzene rings is 2. The van der Waals surface area contributed by atoms with Crippen molar-refractivity contribution in [2.75, 3.05) is 0 Å². The molecule has 1 atom stereocenters. The van der Waals surface area contributed by atoms with Crippen molar-refractivity contribution in [3.63, 3.8) is 0 Å². The van der Waals surface area contributed by atoms with Gasteiger partial charge in [0.2, 0.25) is 0 Å². The normalized spacial score (nSPS) is 12.5. The van der Waals surface area contributed by atoms with Crippen LogP contribution in [0.4, 0.5) is 8.78 Å². The molecule has 94 valence electrons. The van der Waals surface area contributed by atoms with Crippen LogP contribution in [0.1, 0.15) is 22.8 Å². The topological polar surface area (TPSA) is 20.2 Å². The Morgan fingerprint density at radius 2 is 1.72 bits per heavy atom. The molecule has 2 rings (SSSR count). The van der Waals surface area contributed by atoms with Crippen molar-refractivity contribution in [2.24, 2.45) is 0 Å². The first-order valence-electron chi connectivity index (χ1n) is 5.38. The van der Waals surface area contributed by atoms with Crippen LogP contribution in [-0.2, 0) is 0 Å². The van der Waals surface area contributed by atoms with Crippen LogP contribution in [0.15, 0.2) is 40.9 Å². The minimum absolute atomic E-state index is 0.0483. The summed E-state index contributed by atoms with van der Waals surface area (Å²) < 4.78 is 28.0. The highest BCUT2D eigenvalue weighted by Crippen LogP contribution is 2.28. The third-order valence-electron chi connectivity index (χ3n) is 2.70. The Bertz CT molecular complexity index is 584. The van der Waals surface area contributed by atoms with Crippen molar-refractivity contribution in [1.82, 2.24) is 0 Å². The van der Waals surface area contributed by atoms with E-state index in [1.54, 1.807) is 13.0 Å². The summed E-state index contributed by atoms with van der Waals surface area (Å²) in [6.45, 7) is 1.75. The number of aliphatic hydroxyl groups excluding tert-OH is 1. The van der Waals surface area contributed by atoms with Crippen LogP contribution >= 0.6 is 15.9 Å². The van der Waals surface area contributed by atoms with E-state index in [0.29, 0.717) is 4.47 Å². The summed E-state index contributed by atoms with van der Waals surface area (Å²) in [5.74, 6) is -1.10. The van der Waals surface area contributed by atoms with E-state index < -0.39 is 17.7 Å². The zero-order chi connectivity index (χ0) is 13.3. The molecule has 0 spiro atoms. The van der Waals surface area contributed by atoms with Crippen molar-refractivity contribution < 1.29 is 13.9 Å². The Morgan fingerprint density at radius 3 is 2.39 bits per heavy atom. The number of rotatable bonds is 2. The predicted molar refractivity (Wildman–Crippen MR) is 69.3 cm³/mol. The van der Waals surface area contributed by atoms with E-state index in [-0.39, 0.29) is 11.1 Å². The van der Waals surface area contributed by atoms with Gasteiger partial charge in [-0.2, -0.15) is 0 Å². The fourth-order valence-corrected chi connectivity index (χ4v) is 2.12. The second kappa shape index (κ2) is 5.16. The SMILES string of the molecule is Cc1ccc(C(O)c2cc(Br)ccc2F)c(F)c1. The largest absolute Gasteiger partial charge is 0.383 e. The van der Waals surface area contributed by atoms with Crippen LogP contribution in [-0.4, -0.2) is 5.11 Å². The quantitative estimate of drug-likeness (QED) is 0.884. The summed E-state index contributed by atoms with van der Waals surface area (Å²) >= 11 is 3.20. The Morgan fingerprint density at radius 1 is 1.00 bits per heavy atom. The van der Waals surface area contributed by atoms with E-state index in [0.717, 1.165) is 5.56 Å². The van der Waals surface area contributed by atoms with Crippen LogP contribution in [0.3, 0.4) is 0 Å². The monoisotopic (exact) mass is 312 g/mol. The van der Waals surface area contributed by atoms with Gasteiger partial charge in [-0.1, -0.05) is 28.1 Å². The van der Waals surface area contributed by atoms with Crippen LogP contribution in [0.2, 0.25) is 0 Å². The molecule has 1 unspecified atom stereocenters. The third kappa shape index (κ3) is 2.60. The number of aryl methyl sites for hydroxylation is 1. The second-order valence-corrected chi connectivity index (χ2v) is 5.01. The van der Waals surface area contributed by atoms with Gasteiger partial charge in [-0.25, -0.2) is 8.78 Å². The van der Waals surface area contributed by atoms with E-state index in [9.17, 15) is 13.9 Å². The van der Waals surface area contributed by atoms with Gasteiger partial charge in [-0.05, 0) is 36.8 Å². The molecule has 0 aliphatic heterocycles. The molecule has 0 bridgehead atoms. The van der Waals surface area contributed by atoms with Crippen LogP contribution in [0.5, 0.6) is 0 Å². The van der Waals surface area contributed by atoms with Crippen LogP contribution in [0, 0.1) is 18.6 Å². The van der Waals surface area contributed by atoms with Gasteiger partial charge in [0, 0.05) is 15.6 Å². The molecule has 0 amide bonds. The molecule has 0 aromatic heterocycles. The molecule has 0 aliphatic carbocycles. The van der Waals surface area contributed by atoms with E-state index >= 15 is 0 Å². The lowest BCUT2D eigenvalue weighted by Crippen LogP contribution is -2.05. The molecule has 1 N–H and O–H groups in total. The van der Waals surface area contributed by atoms with Gasteiger partial charge >= 0.3 is 0 Å². The van der Waals surface area contributed by atoms with Gasteiger partial charge in [0.05, 0.1) is 0 Å². The van der Waals surface area contributed by atoms with E-state index in [4.69, 9.17) is 0 Å². The minimum Gasteiger partial charge on any atom is -0.383 e. The summed E-state index contributed by atoms with van der Waals surface area (Å²) in [5, 5.41) is 10.1. The van der Waals surface area contributed by atoms with E-state index in [2.05, 4.69) is 15.9 Å². The lowest BCUT2D eigenvalue weighted by molar-refractivity contribution is 0.209. The zero-order valence-electron chi connectivity index (χ0n) is 9.62.